The van der Waals surface area contributed by atoms with E-state index in [4.69, 9.17) is 21.6 Å². The van der Waals surface area contributed by atoms with Crippen LogP contribution in [0.2, 0.25) is 0 Å². The molecule has 0 rings (SSSR count). The van der Waals surface area contributed by atoms with Crippen LogP contribution in [0.5, 0.6) is 0 Å². The zero-order valence-corrected chi connectivity index (χ0v) is 7.33. The second-order valence-corrected chi connectivity index (χ2v) is 2.37. The van der Waals surface area contributed by atoms with Crippen LogP contribution in [0.1, 0.15) is 29.8 Å². The summed E-state index contributed by atoms with van der Waals surface area (Å²) in [6.07, 6.45) is -5.39. The summed E-state index contributed by atoms with van der Waals surface area (Å²) in [6.45, 7) is -15.9. The Morgan fingerprint density at radius 1 is 1.64 bits per heavy atom. The maximum absolute atomic E-state index is 11.2. The Labute approximate surface area is 101 Å². The second kappa shape index (κ2) is 4.95. The molecule has 14 heavy (non-hydrogen) atoms. The van der Waals surface area contributed by atoms with E-state index in [9.17, 15) is 9.59 Å². The Hall–Kier alpha value is -1.10. The third-order valence-corrected chi connectivity index (χ3v) is 0.871. The quantitative estimate of drug-likeness (QED) is 0.523. The number of carbonyl (C=O) groups excluding carboxylic acids is 1. The van der Waals surface area contributed by atoms with Gasteiger partial charge in [-0.2, -0.15) is 0 Å². The summed E-state index contributed by atoms with van der Waals surface area (Å²) < 4.78 is 91.7. The van der Waals surface area contributed by atoms with E-state index in [1.54, 1.807) is 0 Å². The summed E-state index contributed by atoms with van der Waals surface area (Å²) in [7, 11) is 0. The van der Waals surface area contributed by atoms with Crippen LogP contribution in [-0.2, 0) is 14.3 Å². The average molecular weight is 216 g/mol. The van der Waals surface area contributed by atoms with Gasteiger partial charge in [0.15, 0.2) is 6.08 Å². The molecule has 0 bridgehead atoms. The molecule has 0 aliphatic heterocycles. The molecule has 82 valence electrons. The topological polar surface area (TPSA) is 63.6 Å². The first-order valence-corrected chi connectivity index (χ1v) is 3.39. The van der Waals surface area contributed by atoms with Crippen molar-refractivity contribution in [3.05, 3.63) is 0 Å². The molecule has 0 aromatic heterocycles. The molecule has 0 radical (unpaired) electrons. The van der Waals surface area contributed by atoms with Gasteiger partial charge in [-0.15, -0.1) is 0 Å². The van der Waals surface area contributed by atoms with E-state index in [1.165, 1.54) is 0 Å². The van der Waals surface area contributed by atoms with E-state index >= 15 is 0 Å². The number of nitrogens with zero attached hydrogens (tertiary/aromatic N) is 1. The van der Waals surface area contributed by atoms with Crippen molar-refractivity contribution in [3.8, 4) is 0 Å². The van der Waals surface area contributed by atoms with Gasteiger partial charge in [0.25, 0.3) is 0 Å². The van der Waals surface area contributed by atoms with Gasteiger partial charge in [0.05, 0.1) is 43.8 Å². The number of carboxylic acid groups (broad SMARTS) is 1. The Kier molecular flexibility index (Phi) is 1.13. The van der Waals surface area contributed by atoms with Crippen LogP contribution in [0.15, 0.2) is 0 Å². The van der Waals surface area contributed by atoms with Crippen molar-refractivity contribution in [2.24, 2.45) is 0 Å². The van der Waals surface area contributed by atoms with Crippen LogP contribution in [-0.4, -0.2) is 55.0 Å². The van der Waals surface area contributed by atoms with E-state index in [2.05, 4.69) is 4.74 Å². The first-order valence-electron chi connectivity index (χ1n) is 9.39. The molecule has 0 aromatic rings. The highest BCUT2D eigenvalue weighted by Gasteiger charge is 2.23. The van der Waals surface area contributed by atoms with Crippen LogP contribution in [0, 0.1) is 0 Å². The molecule has 0 aliphatic carbocycles. The molecule has 0 amide bonds. The molecule has 0 heterocycles. The van der Waals surface area contributed by atoms with E-state index in [1.807, 2.05) is 0 Å². The highest BCUT2D eigenvalue weighted by atomic mass is 16.5. The third-order valence-electron chi connectivity index (χ3n) is 0.871. The molecule has 5 nitrogen and oxygen atoms in total. The zero-order chi connectivity index (χ0) is 21.6. The first-order chi connectivity index (χ1) is 11.1. The number of quaternary nitrogens is 1. The third kappa shape index (κ3) is 7.54. The van der Waals surface area contributed by atoms with Crippen molar-refractivity contribution in [1.29, 1.82) is 0 Å². The molecule has 1 atom stereocenters. The molecule has 0 fully saturated rings. The normalized spacial score (nSPS) is 32.1. The van der Waals surface area contributed by atoms with Gasteiger partial charge in [-0.1, -0.05) is 0 Å². The smallest absolute Gasteiger partial charge is 0.307 e. The minimum atomic E-state index is -4.22. The fourth-order valence-electron chi connectivity index (χ4n) is 0.596. The van der Waals surface area contributed by atoms with E-state index < -0.39 is 56.3 Å². The first kappa shape index (κ1) is 3.20. The van der Waals surface area contributed by atoms with E-state index in [0.717, 1.165) is 0 Å². The maximum Gasteiger partial charge on any atom is 0.307 e. The lowest BCUT2D eigenvalue weighted by Gasteiger charge is -2.28. The number of hydrogen-bond acceptors (Lipinski definition) is 3. The maximum atomic E-state index is 11.2. The highest BCUT2D eigenvalue weighted by Crippen LogP contribution is 2.04. The van der Waals surface area contributed by atoms with Gasteiger partial charge >= 0.3 is 11.9 Å². The molecule has 0 spiro atoms. The summed E-state index contributed by atoms with van der Waals surface area (Å²) >= 11 is 0. The predicted octanol–water partition coefficient (Wildman–Crippen LogP) is 0.0990. The van der Waals surface area contributed by atoms with Crippen LogP contribution in [0.25, 0.3) is 0 Å². The van der Waals surface area contributed by atoms with Crippen molar-refractivity contribution in [2.75, 3.05) is 27.4 Å². The van der Waals surface area contributed by atoms with E-state index in [0.29, 0.717) is 6.92 Å². The van der Waals surface area contributed by atoms with Crippen molar-refractivity contribution >= 4 is 11.9 Å². The van der Waals surface area contributed by atoms with Gasteiger partial charge in [-0.3, -0.25) is 9.59 Å². The lowest BCUT2D eigenvalue weighted by atomic mass is 10.2. The van der Waals surface area contributed by atoms with Gasteiger partial charge in [-0.05, 0) is 0 Å². The largest absolute Gasteiger partial charge is 0.481 e. The van der Waals surface area contributed by atoms with Gasteiger partial charge < -0.3 is 14.3 Å². The number of aliphatic carboxylic acids is 1. The predicted molar refractivity (Wildman–Crippen MR) is 50.7 cm³/mol. The van der Waals surface area contributed by atoms with Crippen LogP contribution in [0.4, 0.5) is 0 Å². The number of ether oxygens (including phenoxy) is 1. The van der Waals surface area contributed by atoms with Crippen molar-refractivity contribution in [3.63, 3.8) is 0 Å². The average Bonchev–Trinajstić information content (AvgIpc) is 2.18. The van der Waals surface area contributed by atoms with Crippen LogP contribution >= 0.6 is 0 Å². The molecular formula is C9H18NO4+. The van der Waals surface area contributed by atoms with Gasteiger partial charge in [-0.25, -0.2) is 0 Å². The summed E-state index contributed by atoms with van der Waals surface area (Å²) in [4.78, 5) is 22.2. The standard InChI is InChI=1S/C9H17NO4/c1-7(11)14-8(5-9(12)13)6-10(2,3)4/h8H,5-6H2,1-4H3/p+1/t8-/m0/s1/i2D3,3D3,4D3,6D2,8D. The van der Waals surface area contributed by atoms with E-state index in [-0.39, 0.29) is 0 Å². The Morgan fingerprint density at radius 3 is 2.57 bits per heavy atom. The van der Waals surface area contributed by atoms with Crippen LogP contribution in [0.3, 0.4) is 0 Å². The molecule has 0 unspecified atom stereocenters. The lowest BCUT2D eigenvalue weighted by Crippen LogP contribution is -2.43. The minimum Gasteiger partial charge on any atom is -0.481 e. The van der Waals surface area contributed by atoms with Gasteiger partial charge in [0.1, 0.15) is 6.50 Å². The molecule has 0 aliphatic rings. The molecule has 1 N–H and O–H groups in total. The van der Waals surface area contributed by atoms with Crippen LogP contribution < -0.4 is 0 Å². The number of carbonyl (C=O) groups is 2. The fraction of sp³-hybridized carbons (Fsp3) is 0.778. The monoisotopic (exact) mass is 216 g/mol. The molecule has 0 aromatic carbocycles. The molecule has 0 saturated carbocycles. The zero-order valence-electron chi connectivity index (χ0n) is 19.3. The summed E-state index contributed by atoms with van der Waals surface area (Å²) in [5.41, 5.74) is 0. The Morgan fingerprint density at radius 2 is 2.21 bits per heavy atom. The Bertz CT molecular complexity index is 510. The van der Waals surface area contributed by atoms with Crippen molar-refractivity contribution < 1.29 is 40.4 Å². The molecular weight excluding hydrogens is 186 g/mol. The lowest BCUT2D eigenvalue weighted by molar-refractivity contribution is -0.873. The summed E-state index contributed by atoms with van der Waals surface area (Å²) in [6, 6.07) is 0. The van der Waals surface area contributed by atoms with Crippen molar-refractivity contribution in [2.45, 2.75) is 19.4 Å². The fourth-order valence-corrected chi connectivity index (χ4v) is 0.596. The minimum absolute atomic E-state index is 0.635. The number of esters is 1. The highest BCUT2D eigenvalue weighted by molar-refractivity contribution is 5.69. The number of carboxylic acids is 1. The molecule has 5 heteroatoms. The summed E-state index contributed by atoms with van der Waals surface area (Å²) in [5.74, 6) is -3.39. The van der Waals surface area contributed by atoms with Crippen molar-refractivity contribution in [1.82, 2.24) is 0 Å². The Balaban J connectivity index is 7.20. The SMILES string of the molecule is [2H]C([2H])([2H])[N+](C([2H])([2H])[2H])(C([2H])([2H])[2H])C([2H])([2H])[C@]([2H])(CC(=O)O)OC(C)=O. The number of likely N-dealkylation sites (N-methyl/N-ethyl adjacent to an activating group) is 1. The summed E-state index contributed by atoms with van der Waals surface area (Å²) in [5, 5.41) is 8.89. The number of rotatable bonds is 5. The van der Waals surface area contributed by atoms with Gasteiger partial charge in [0, 0.05) is 6.92 Å². The number of hydrogen-bond donors (Lipinski definition) is 1. The molecule has 0 saturated heterocycles. The second-order valence-electron chi connectivity index (χ2n) is 2.37. The van der Waals surface area contributed by atoms with Gasteiger partial charge in [0.2, 0.25) is 0 Å².